The number of carbonyl (C=O) groups excluding carboxylic acids is 1. The fourth-order valence-corrected chi connectivity index (χ4v) is 5.57. The number of carboxylic acid groups (broad SMARTS) is 3. The average molecular weight is 603 g/mol. The van der Waals surface area contributed by atoms with Gasteiger partial charge in [-0.15, -0.1) is 0 Å². The van der Waals surface area contributed by atoms with Gasteiger partial charge in [-0.2, -0.15) is 0 Å². The van der Waals surface area contributed by atoms with Crippen LogP contribution >= 0.6 is 0 Å². The molecule has 5 N–H and O–H groups in total. The summed E-state index contributed by atoms with van der Waals surface area (Å²) in [6, 6.07) is 15.0. The van der Waals surface area contributed by atoms with Crippen molar-refractivity contribution in [3.63, 3.8) is 0 Å². The van der Waals surface area contributed by atoms with Gasteiger partial charge in [0.25, 0.3) is 0 Å². The summed E-state index contributed by atoms with van der Waals surface area (Å²) in [6.07, 6.45) is 4.53. The van der Waals surface area contributed by atoms with Crippen LogP contribution in [0.2, 0.25) is 0 Å². The molecule has 0 bridgehead atoms. The average Bonchev–Trinajstić information content (AvgIpc) is 3.43. The van der Waals surface area contributed by atoms with Gasteiger partial charge < -0.3 is 30.5 Å². The molecule has 0 aromatic heterocycles. The maximum atomic E-state index is 13.4. The van der Waals surface area contributed by atoms with E-state index in [1.165, 1.54) is 30.5 Å². The van der Waals surface area contributed by atoms with Gasteiger partial charge in [0, 0.05) is 26.6 Å². The van der Waals surface area contributed by atoms with E-state index in [1.807, 2.05) is 6.07 Å². The van der Waals surface area contributed by atoms with E-state index in [1.54, 1.807) is 19.1 Å². The lowest BCUT2D eigenvalue weighted by Crippen LogP contribution is -2.52. The smallest absolute Gasteiger partial charge is 0.336 e. The minimum Gasteiger partial charge on any atom is -0.490 e. The molecule has 11 nitrogen and oxygen atoms in total. The van der Waals surface area contributed by atoms with E-state index in [2.05, 4.69) is 28.4 Å². The van der Waals surface area contributed by atoms with Crippen LogP contribution < -0.4 is 10.1 Å². The summed E-state index contributed by atoms with van der Waals surface area (Å²) in [6.45, 7) is 4.14. The molecule has 2 aromatic carbocycles. The Morgan fingerprint density at radius 3 is 2.07 bits per heavy atom. The number of carbonyl (C=O) groups is 4. The minimum atomic E-state index is -2.74. The van der Waals surface area contributed by atoms with Crippen molar-refractivity contribution in [2.75, 3.05) is 13.1 Å². The molecule has 2 aromatic rings. The third-order valence-electron chi connectivity index (χ3n) is 7.72. The third kappa shape index (κ3) is 10.0. The molecule has 1 saturated heterocycles. The first-order chi connectivity index (χ1) is 20.3. The number of nitrogens with one attached hydrogen (secondary N) is 1. The van der Waals surface area contributed by atoms with Crippen molar-refractivity contribution in [2.45, 2.75) is 82.1 Å². The van der Waals surface area contributed by atoms with Gasteiger partial charge in [0.2, 0.25) is 5.91 Å². The summed E-state index contributed by atoms with van der Waals surface area (Å²) in [4.78, 5) is 44.8. The van der Waals surface area contributed by atoms with Gasteiger partial charge in [-0.05, 0) is 73.9 Å². The topological polar surface area (TPSA) is 174 Å². The summed E-state index contributed by atoms with van der Waals surface area (Å²) in [5.41, 5.74) is -0.939. The zero-order valence-corrected chi connectivity index (χ0v) is 24.1. The number of benzene rings is 2. The van der Waals surface area contributed by atoms with Crippen LogP contribution in [0.15, 0.2) is 48.5 Å². The van der Waals surface area contributed by atoms with Gasteiger partial charge in [-0.25, -0.2) is 9.18 Å². The van der Waals surface area contributed by atoms with Crippen molar-refractivity contribution in [3.8, 4) is 5.75 Å². The Bertz CT molecular complexity index is 1250. The van der Waals surface area contributed by atoms with Crippen molar-refractivity contribution in [1.82, 2.24) is 10.2 Å². The van der Waals surface area contributed by atoms with Gasteiger partial charge in [0.15, 0.2) is 5.60 Å². The highest BCUT2D eigenvalue weighted by Gasteiger charge is 2.41. The molecule has 12 heteroatoms. The first-order valence-corrected chi connectivity index (χ1v) is 14.2. The first kappa shape index (κ1) is 33.5. The van der Waals surface area contributed by atoms with Gasteiger partial charge in [0.05, 0.1) is 24.5 Å². The molecule has 1 aliphatic carbocycles. The molecular weight excluding hydrogens is 563 g/mol. The summed E-state index contributed by atoms with van der Waals surface area (Å²) in [5, 5.41) is 37.0. The molecule has 4 rings (SSSR count). The van der Waals surface area contributed by atoms with E-state index in [0.717, 1.165) is 56.6 Å². The van der Waals surface area contributed by atoms with E-state index in [4.69, 9.17) is 25.2 Å². The number of hydrogen-bond donors (Lipinski definition) is 5. The number of hydrogen-bond acceptors (Lipinski definition) is 7. The van der Waals surface area contributed by atoms with Crippen LogP contribution in [0.1, 0.15) is 69.4 Å². The lowest BCUT2D eigenvalue weighted by Gasteiger charge is -2.42. The molecular formula is C31H39FN2O9. The Hall–Kier alpha value is -4.03. The lowest BCUT2D eigenvalue weighted by molar-refractivity contribution is -0.170. The number of likely N-dealkylation sites (tertiary alicyclic amines) is 1. The predicted molar refractivity (Wildman–Crippen MR) is 153 cm³/mol. The van der Waals surface area contributed by atoms with Gasteiger partial charge >= 0.3 is 17.9 Å². The van der Waals surface area contributed by atoms with E-state index in [9.17, 15) is 23.6 Å². The van der Waals surface area contributed by atoms with E-state index >= 15 is 0 Å². The molecule has 0 atom stereocenters. The standard InChI is InChI=1S/C25H31FN2O2.C6H8O7/c1-19(29)27-25(21-9-11-22(26)12-10-21)13-15-28(16-14-25)18-20-5-4-8-24(17-20)30-23-6-2-3-7-23;7-3(8)1-6(13,5(11)12)2-4(9)10/h4-5,8-12,17,23H,2-3,6-7,13-16,18H2,1H3,(H,27,29);13H,1-2H2,(H,7,8)(H,9,10)(H,11,12). The van der Waals surface area contributed by atoms with Gasteiger partial charge in [0.1, 0.15) is 11.6 Å². The molecule has 1 amide bonds. The first-order valence-electron chi connectivity index (χ1n) is 14.2. The van der Waals surface area contributed by atoms with E-state index < -0.39 is 41.9 Å². The number of amides is 1. The van der Waals surface area contributed by atoms with Crippen LogP contribution in [0.5, 0.6) is 5.75 Å². The minimum absolute atomic E-state index is 0.0514. The lowest BCUT2D eigenvalue weighted by atomic mass is 9.80. The maximum absolute atomic E-state index is 13.4. The van der Waals surface area contributed by atoms with Gasteiger partial charge in [-0.1, -0.05) is 24.3 Å². The molecule has 0 radical (unpaired) electrons. The molecule has 234 valence electrons. The second-order valence-electron chi connectivity index (χ2n) is 11.2. The van der Waals surface area contributed by atoms with E-state index in [0.29, 0.717) is 6.10 Å². The van der Waals surface area contributed by atoms with Crippen molar-refractivity contribution in [2.24, 2.45) is 0 Å². The third-order valence-corrected chi connectivity index (χ3v) is 7.72. The molecule has 0 spiro atoms. The van der Waals surface area contributed by atoms with Crippen LogP contribution in [0, 0.1) is 5.82 Å². The molecule has 1 saturated carbocycles. The monoisotopic (exact) mass is 602 g/mol. The number of rotatable bonds is 11. The zero-order valence-electron chi connectivity index (χ0n) is 24.1. The summed E-state index contributed by atoms with van der Waals surface area (Å²) in [7, 11) is 0. The highest BCUT2D eigenvalue weighted by Crippen LogP contribution is 2.34. The summed E-state index contributed by atoms with van der Waals surface area (Å²) >= 11 is 0. The summed E-state index contributed by atoms with van der Waals surface area (Å²) in [5.74, 6) is -4.36. The number of aliphatic hydroxyl groups is 1. The molecule has 0 unspecified atom stereocenters. The van der Waals surface area contributed by atoms with Crippen LogP contribution in [0.3, 0.4) is 0 Å². The normalized spacial score (nSPS) is 16.9. The fourth-order valence-electron chi connectivity index (χ4n) is 5.57. The molecule has 43 heavy (non-hydrogen) atoms. The van der Waals surface area contributed by atoms with Crippen molar-refractivity contribution in [3.05, 3.63) is 65.5 Å². The second-order valence-corrected chi connectivity index (χ2v) is 11.2. The van der Waals surface area contributed by atoms with Crippen LogP contribution in [0.4, 0.5) is 4.39 Å². The molecule has 1 heterocycles. The number of nitrogens with zero attached hydrogens (tertiary/aromatic N) is 1. The number of halogens is 1. The Kier molecular flexibility index (Phi) is 11.6. The molecule has 1 aliphatic heterocycles. The second kappa shape index (κ2) is 14.9. The molecule has 2 aliphatic rings. The van der Waals surface area contributed by atoms with E-state index in [-0.39, 0.29) is 11.7 Å². The summed E-state index contributed by atoms with van der Waals surface area (Å²) < 4.78 is 19.6. The van der Waals surface area contributed by atoms with Crippen molar-refractivity contribution >= 4 is 23.8 Å². The quantitative estimate of drug-likeness (QED) is 0.256. The highest BCUT2D eigenvalue weighted by molar-refractivity contribution is 5.88. The van der Waals surface area contributed by atoms with Crippen molar-refractivity contribution < 1.29 is 48.7 Å². The van der Waals surface area contributed by atoms with Crippen LogP contribution in [-0.2, 0) is 31.3 Å². The zero-order chi connectivity index (χ0) is 31.6. The number of carboxylic acids is 3. The van der Waals surface area contributed by atoms with Crippen molar-refractivity contribution in [1.29, 1.82) is 0 Å². The number of piperidine rings is 1. The Morgan fingerprint density at radius 2 is 1.56 bits per heavy atom. The predicted octanol–water partition coefficient (Wildman–Crippen LogP) is 3.53. The Balaban J connectivity index is 0.000000331. The SMILES string of the molecule is CC(=O)NC1(c2ccc(F)cc2)CCN(Cc2cccc(OC3CCCC3)c2)CC1.O=C(O)CC(O)(CC(=O)O)C(=O)O. The van der Waals surface area contributed by atoms with Crippen LogP contribution in [0.25, 0.3) is 0 Å². The highest BCUT2D eigenvalue weighted by atomic mass is 19.1. The fraction of sp³-hybridized carbons (Fsp3) is 0.484. The number of aliphatic carboxylic acids is 3. The van der Waals surface area contributed by atoms with Gasteiger partial charge in [-0.3, -0.25) is 19.3 Å². The van der Waals surface area contributed by atoms with Crippen LogP contribution in [-0.4, -0.2) is 73.9 Å². The number of ether oxygens (including phenoxy) is 1. The largest absolute Gasteiger partial charge is 0.490 e. The Labute approximate surface area is 249 Å². The molecule has 2 fully saturated rings. The maximum Gasteiger partial charge on any atom is 0.336 e. The Morgan fingerprint density at radius 1 is 0.977 bits per heavy atom.